The third-order valence-corrected chi connectivity index (χ3v) is 5.41. The highest BCUT2D eigenvalue weighted by atomic mass is 79.9. The Kier molecular flexibility index (Phi) is 4.95. The Morgan fingerprint density at radius 3 is 2.79 bits per heavy atom. The van der Waals surface area contributed by atoms with Crippen molar-refractivity contribution in [2.75, 3.05) is 0 Å². The minimum Gasteiger partial charge on any atom is -0.440 e. The lowest BCUT2D eigenvalue weighted by Crippen LogP contribution is -2.33. The van der Waals surface area contributed by atoms with Crippen LogP contribution in [0.2, 0.25) is 0 Å². The van der Waals surface area contributed by atoms with Gasteiger partial charge in [0.25, 0.3) is 5.56 Å². The Morgan fingerprint density at radius 2 is 2.10 bits per heavy atom. The zero-order valence-corrected chi connectivity index (χ0v) is 17.2. The molecule has 0 radical (unpaired) electrons. The number of nitrogens with two attached hydrogens (primary N) is 1. The number of allylic oxidation sites excluding steroid dienone is 1. The van der Waals surface area contributed by atoms with Crippen molar-refractivity contribution in [3.05, 3.63) is 104 Å². The second kappa shape index (κ2) is 7.57. The number of aryl methyl sites for hydroxylation is 1. The van der Waals surface area contributed by atoms with E-state index in [0.29, 0.717) is 17.9 Å². The van der Waals surface area contributed by atoms with Crippen LogP contribution < -0.4 is 16.0 Å². The molecule has 1 atom stereocenters. The third kappa shape index (κ3) is 3.43. The molecule has 0 spiro atoms. The molecule has 4 rings (SSSR count). The monoisotopic (exact) mass is 448 g/mol. The van der Waals surface area contributed by atoms with E-state index < -0.39 is 5.92 Å². The van der Waals surface area contributed by atoms with Gasteiger partial charge in [-0.15, -0.1) is 0 Å². The molecule has 29 heavy (non-hydrogen) atoms. The van der Waals surface area contributed by atoms with Gasteiger partial charge in [-0.1, -0.05) is 34.1 Å². The van der Waals surface area contributed by atoms with E-state index in [1.54, 1.807) is 16.8 Å². The molecule has 0 bridgehead atoms. The van der Waals surface area contributed by atoms with Gasteiger partial charge in [-0.05, 0) is 36.8 Å². The maximum atomic E-state index is 13.5. The number of pyridine rings is 2. The van der Waals surface area contributed by atoms with Crippen LogP contribution in [0.25, 0.3) is 0 Å². The van der Waals surface area contributed by atoms with Gasteiger partial charge < -0.3 is 15.0 Å². The summed E-state index contributed by atoms with van der Waals surface area (Å²) in [5.74, 6) is -0.207. The average Bonchev–Trinajstić information content (AvgIpc) is 2.71. The number of nitrogens with zero attached hydrogens (tertiary/aromatic N) is 3. The van der Waals surface area contributed by atoms with Crippen LogP contribution in [0.5, 0.6) is 5.75 Å². The van der Waals surface area contributed by atoms with Gasteiger partial charge in [0.2, 0.25) is 5.88 Å². The van der Waals surface area contributed by atoms with Gasteiger partial charge in [0, 0.05) is 22.4 Å². The summed E-state index contributed by atoms with van der Waals surface area (Å²) in [5.41, 5.74) is 8.71. The molecule has 7 heteroatoms. The first-order chi connectivity index (χ1) is 14.0. The topological polar surface area (TPSA) is 93.9 Å². The molecule has 6 nitrogen and oxygen atoms in total. The Labute approximate surface area is 176 Å². The number of ether oxygens (including phenoxy) is 1. The minimum atomic E-state index is -0.607. The lowest BCUT2D eigenvalue weighted by atomic mass is 9.84. The zero-order valence-electron chi connectivity index (χ0n) is 15.6. The molecule has 3 heterocycles. The zero-order chi connectivity index (χ0) is 20.5. The Hall–Kier alpha value is -3.37. The number of rotatable bonds is 3. The van der Waals surface area contributed by atoms with Crippen LogP contribution in [0, 0.1) is 18.3 Å². The summed E-state index contributed by atoms with van der Waals surface area (Å²) >= 11 is 3.46. The van der Waals surface area contributed by atoms with Crippen molar-refractivity contribution in [2.24, 2.45) is 5.73 Å². The third-order valence-electron chi connectivity index (χ3n) is 4.92. The van der Waals surface area contributed by atoms with Crippen LogP contribution >= 0.6 is 15.9 Å². The van der Waals surface area contributed by atoms with Crippen LogP contribution in [0.3, 0.4) is 0 Å². The Bertz CT molecular complexity index is 1230. The molecule has 1 aliphatic heterocycles. The van der Waals surface area contributed by atoms with Crippen LogP contribution in [-0.2, 0) is 6.54 Å². The summed E-state index contributed by atoms with van der Waals surface area (Å²) < 4.78 is 8.17. The van der Waals surface area contributed by atoms with Crippen molar-refractivity contribution in [1.29, 1.82) is 5.26 Å². The molecule has 144 valence electrons. The minimum absolute atomic E-state index is 0.0197. The van der Waals surface area contributed by atoms with E-state index in [1.807, 2.05) is 49.4 Å². The molecule has 2 N–H and O–H groups in total. The van der Waals surface area contributed by atoms with Gasteiger partial charge in [-0.3, -0.25) is 9.78 Å². The Morgan fingerprint density at radius 1 is 1.28 bits per heavy atom. The van der Waals surface area contributed by atoms with Crippen LogP contribution in [-0.4, -0.2) is 9.55 Å². The predicted molar refractivity (Wildman–Crippen MR) is 112 cm³/mol. The van der Waals surface area contributed by atoms with Crippen molar-refractivity contribution < 1.29 is 4.74 Å². The highest BCUT2D eigenvalue weighted by Crippen LogP contribution is 2.41. The summed E-state index contributed by atoms with van der Waals surface area (Å²) in [6, 6.07) is 17.0. The number of benzene rings is 1. The van der Waals surface area contributed by atoms with E-state index in [1.165, 1.54) is 0 Å². The fourth-order valence-electron chi connectivity index (χ4n) is 3.56. The molecule has 0 unspecified atom stereocenters. The van der Waals surface area contributed by atoms with Gasteiger partial charge in [0.15, 0.2) is 0 Å². The molecule has 1 aromatic carbocycles. The molecule has 0 aliphatic carbocycles. The maximum Gasteiger partial charge on any atom is 0.259 e. The first-order valence-corrected chi connectivity index (χ1v) is 9.76. The molecular formula is C22H17BrN4O2. The number of nitriles is 1. The van der Waals surface area contributed by atoms with Crippen molar-refractivity contribution in [3.8, 4) is 11.8 Å². The van der Waals surface area contributed by atoms with E-state index in [0.717, 1.165) is 21.4 Å². The van der Waals surface area contributed by atoms with E-state index in [4.69, 9.17) is 10.5 Å². The predicted octanol–water partition coefficient (Wildman–Crippen LogP) is 3.58. The second-order valence-electron chi connectivity index (χ2n) is 6.76. The number of hydrogen-bond acceptors (Lipinski definition) is 5. The van der Waals surface area contributed by atoms with E-state index >= 15 is 0 Å². The Balaban J connectivity index is 1.94. The number of aromatic nitrogens is 2. The lowest BCUT2D eigenvalue weighted by molar-refractivity contribution is 0.389. The van der Waals surface area contributed by atoms with Crippen LogP contribution in [0.4, 0.5) is 0 Å². The van der Waals surface area contributed by atoms with Crippen molar-refractivity contribution in [2.45, 2.75) is 19.4 Å². The number of hydrogen-bond donors (Lipinski definition) is 1. The fraction of sp³-hybridized carbons (Fsp3) is 0.136. The van der Waals surface area contributed by atoms with E-state index in [2.05, 4.69) is 27.0 Å². The van der Waals surface area contributed by atoms with Crippen molar-refractivity contribution in [3.63, 3.8) is 0 Å². The van der Waals surface area contributed by atoms with Crippen molar-refractivity contribution in [1.82, 2.24) is 9.55 Å². The van der Waals surface area contributed by atoms with Gasteiger partial charge in [0.1, 0.15) is 17.4 Å². The highest BCUT2D eigenvalue weighted by Gasteiger charge is 2.34. The van der Waals surface area contributed by atoms with Crippen molar-refractivity contribution >= 4 is 15.9 Å². The molecule has 1 aliphatic rings. The maximum absolute atomic E-state index is 13.5. The first-order valence-electron chi connectivity index (χ1n) is 8.97. The summed E-state index contributed by atoms with van der Waals surface area (Å²) in [6.45, 7) is 2.16. The number of halogens is 1. The molecule has 0 saturated heterocycles. The quantitative estimate of drug-likeness (QED) is 0.660. The fourth-order valence-corrected chi connectivity index (χ4v) is 3.97. The molecule has 0 fully saturated rings. The molecule has 0 amide bonds. The first kappa shape index (κ1) is 19.0. The SMILES string of the molecule is Cc1cc2c(c(=O)n1Cc1ccccn1)[C@@H](c1cccc(Br)c1)C(C#N)=C(N)O2. The molecule has 2 aromatic heterocycles. The highest BCUT2D eigenvalue weighted by molar-refractivity contribution is 9.10. The van der Waals surface area contributed by atoms with E-state index in [-0.39, 0.29) is 17.0 Å². The van der Waals surface area contributed by atoms with Gasteiger partial charge in [-0.25, -0.2) is 0 Å². The van der Waals surface area contributed by atoms with Gasteiger partial charge in [0.05, 0.1) is 23.7 Å². The molecular weight excluding hydrogens is 432 g/mol. The summed E-state index contributed by atoms with van der Waals surface area (Å²) in [4.78, 5) is 17.9. The van der Waals surface area contributed by atoms with E-state index in [9.17, 15) is 10.1 Å². The van der Waals surface area contributed by atoms with Crippen LogP contribution in [0.15, 0.2) is 75.5 Å². The lowest BCUT2D eigenvalue weighted by Gasteiger charge is -2.27. The molecule has 0 saturated carbocycles. The molecule has 3 aromatic rings. The largest absolute Gasteiger partial charge is 0.440 e. The average molecular weight is 449 g/mol. The summed E-state index contributed by atoms with van der Waals surface area (Å²) in [6.07, 6.45) is 1.69. The summed E-state index contributed by atoms with van der Waals surface area (Å²) in [7, 11) is 0. The number of fused-ring (bicyclic) bond motifs is 1. The standard InChI is InChI=1S/C22H17BrN4O2/c1-13-9-18-20(22(28)27(13)12-16-7-2-3-8-26-16)19(17(11-24)21(25)29-18)14-5-4-6-15(23)10-14/h2-10,19H,12,25H2,1H3/t19-/m0/s1. The normalized spacial score (nSPS) is 15.4. The van der Waals surface area contributed by atoms with Gasteiger partial charge in [-0.2, -0.15) is 5.26 Å². The van der Waals surface area contributed by atoms with Crippen LogP contribution in [0.1, 0.15) is 28.4 Å². The summed E-state index contributed by atoms with van der Waals surface area (Å²) in [5, 5.41) is 9.74. The second-order valence-corrected chi connectivity index (χ2v) is 7.67. The smallest absolute Gasteiger partial charge is 0.259 e. The van der Waals surface area contributed by atoms with Gasteiger partial charge >= 0.3 is 0 Å².